The molecule has 0 atom stereocenters. The number of thioether (sulfide) groups is 1. The summed E-state index contributed by atoms with van der Waals surface area (Å²) >= 11 is 2.09. The molecule has 2 amide bonds. The first-order chi connectivity index (χ1) is 14.2. The fraction of sp³-hybridized carbons (Fsp3) is 0.111. The molecule has 2 aromatic carbocycles. The summed E-state index contributed by atoms with van der Waals surface area (Å²) in [5, 5.41) is 12.9. The van der Waals surface area contributed by atoms with Gasteiger partial charge in [0.1, 0.15) is 5.82 Å². The van der Waals surface area contributed by atoms with Gasteiger partial charge in [-0.15, -0.1) is 10.2 Å². The quantitative estimate of drug-likeness (QED) is 0.320. The summed E-state index contributed by atoms with van der Waals surface area (Å²) in [5.74, 6) is -1.44. The largest absolute Gasteiger partial charge is 0.416 e. The van der Waals surface area contributed by atoms with Gasteiger partial charge >= 0.3 is 6.18 Å². The number of amides is 2. The van der Waals surface area contributed by atoms with Crippen molar-refractivity contribution in [3.05, 3.63) is 65.5 Å². The van der Waals surface area contributed by atoms with E-state index in [2.05, 4.69) is 20.8 Å². The normalized spacial score (nSPS) is 11.2. The molecule has 0 aliphatic carbocycles. The average molecular weight is 456 g/mol. The number of anilines is 2. The van der Waals surface area contributed by atoms with Crippen LogP contribution in [-0.4, -0.2) is 27.8 Å². The van der Waals surface area contributed by atoms with E-state index in [4.69, 9.17) is 0 Å². The predicted molar refractivity (Wildman–Crippen MR) is 105 cm³/mol. The second kappa shape index (κ2) is 9.22. The van der Waals surface area contributed by atoms with Crippen LogP contribution < -0.4 is 10.6 Å². The molecule has 0 saturated carbocycles. The number of alkyl halides is 3. The maximum atomic E-state index is 12.9. The van der Waals surface area contributed by atoms with Gasteiger partial charge in [0.2, 0.25) is 11.0 Å². The second-order valence-electron chi connectivity index (χ2n) is 5.75. The third-order valence-electron chi connectivity index (χ3n) is 3.56. The summed E-state index contributed by atoms with van der Waals surface area (Å²) in [6.07, 6.45) is -4.44. The van der Waals surface area contributed by atoms with Crippen molar-refractivity contribution in [2.75, 3.05) is 16.4 Å². The van der Waals surface area contributed by atoms with Crippen LogP contribution in [0.15, 0.2) is 52.9 Å². The van der Waals surface area contributed by atoms with Crippen molar-refractivity contribution in [3.63, 3.8) is 0 Å². The number of hydrogen-bond donors (Lipinski definition) is 2. The van der Waals surface area contributed by atoms with Crippen molar-refractivity contribution in [1.82, 2.24) is 10.2 Å². The maximum Gasteiger partial charge on any atom is 0.416 e. The molecule has 1 aromatic heterocycles. The van der Waals surface area contributed by atoms with Gasteiger partial charge in [0.15, 0.2) is 4.34 Å². The first-order valence-corrected chi connectivity index (χ1v) is 10.0. The van der Waals surface area contributed by atoms with Crippen LogP contribution in [0.1, 0.15) is 15.9 Å². The van der Waals surface area contributed by atoms with E-state index in [-0.39, 0.29) is 22.1 Å². The van der Waals surface area contributed by atoms with E-state index in [1.807, 2.05) is 0 Å². The van der Waals surface area contributed by atoms with Gasteiger partial charge in [0.05, 0.1) is 11.3 Å². The molecule has 0 aliphatic rings. The zero-order valence-electron chi connectivity index (χ0n) is 14.9. The molecular weight excluding hydrogens is 444 g/mol. The zero-order chi connectivity index (χ0) is 21.7. The number of carbonyl (C=O) groups is 2. The van der Waals surface area contributed by atoms with Gasteiger partial charge < -0.3 is 5.32 Å². The molecule has 30 heavy (non-hydrogen) atoms. The van der Waals surface area contributed by atoms with Crippen molar-refractivity contribution < 1.29 is 27.2 Å². The van der Waals surface area contributed by atoms with Gasteiger partial charge in [-0.2, -0.15) is 13.2 Å². The first kappa shape index (κ1) is 21.7. The molecule has 2 N–H and O–H groups in total. The number of halogens is 4. The monoisotopic (exact) mass is 456 g/mol. The third kappa shape index (κ3) is 6.00. The van der Waals surface area contributed by atoms with Crippen LogP contribution in [-0.2, 0) is 11.0 Å². The zero-order valence-corrected chi connectivity index (χ0v) is 16.5. The molecule has 156 valence electrons. The molecule has 0 unspecified atom stereocenters. The van der Waals surface area contributed by atoms with E-state index in [0.29, 0.717) is 4.34 Å². The van der Waals surface area contributed by atoms with Crippen molar-refractivity contribution in [3.8, 4) is 0 Å². The van der Waals surface area contributed by atoms with E-state index < -0.39 is 29.4 Å². The van der Waals surface area contributed by atoms with Crippen molar-refractivity contribution in [2.24, 2.45) is 0 Å². The Balaban J connectivity index is 1.49. The molecule has 0 radical (unpaired) electrons. The minimum Gasteiger partial charge on any atom is -0.325 e. The number of carbonyl (C=O) groups excluding carboxylic acids is 2. The molecule has 0 spiro atoms. The highest BCUT2D eigenvalue weighted by atomic mass is 32.2. The molecule has 0 bridgehead atoms. The lowest BCUT2D eigenvalue weighted by atomic mass is 10.2. The highest BCUT2D eigenvalue weighted by Crippen LogP contribution is 2.30. The third-order valence-corrected chi connectivity index (χ3v) is 5.53. The van der Waals surface area contributed by atoms with Crippen LogP contribution in [0.5, 0.6) is 0 Å². The molecule has 3 rings (SSSR count). The lowest BCUT2D eigenvalue weighted by molar-refractivity contribution is -0.137. The lowest BCUT2D eigenvalue weighted by Crippen LogP contribution is -2.14. The summed E-state index contributed by atoms with van der Waals surface area (Å²) in [6, 6.07) is 9.06. The summed E-state index contributed by atoms with van der Waals surface area (Å²) in [5.41, 5.74) is -0.325. The van der Waals surface area contributed by atoms with E-state index >= 15 is 0 Å². The molecular formula is C18H12F4N4O2S2. The topological polar surface area (TPSA) is 84.0 Å². The van der Waals surface area contributed by atoms with Crippen LogP contribution >= 0.6 is 23.1 Å². The maximum absolute atomic E-state index is 12.9. The average Bonchev–Trinajstić information content (AvgIpc) is 3.14. The minimum absolute atomic E-state index is 0.0540. The van der Waals surface area contributed by atoms with E-state index in [9.17, 15) is 27.2 Å². The molecule has 0 saturated heterocycles. The highest BCUT2D eigenvalue weighted by Gasteiger charge is 2.30. The van der Waals surface area contributed by atoms with Gasteiger partial charge in [-0.3, -0.25) is 14.9 Å². The van der Waals surface area contributed by atoms with Gasteiger partial charge in [-0.05, 0) is 48.5 Å². The van der Waals surface area contributed by atoms with E-state index in [1.54, 1.807) is 0 Å². The van der Waals surface area contributed by atoms with Gasteiger partial charge in [0.25, 0.3) is 5.91 Å². The summed E-state index contributed by atoms with van der Waals surface area (Å²) in [4.78, 5) is 24.0. The molecule has 0 fully saturated rings. The number of benzene rings is 2. The second-order valence-corrected chi connectivity index (χ2v) is 7.95. The molecule has 1 heterocycles. The van der Waals surface area contributed by atoms with Crippen LogP contribution in [0.2, 0.25) is 0 Å². The first-order valence-electron chi connectivity index (χ1n) is 8.21. The van der Waals surface area contributed by atoms with Crippen molar-refractivity contribution in [1.29, 1.82) is 0 Å². The molecule has 0 aliphatic heterocycles. The number of rotatable bonds is 6. The minimum atomic E-state index is -4.44. The van der Waals surface area contributed by atoms with Crippen LogP contribution in [0.4, 0.5) is 28.4 Å². The van der Waals surface area contributed by atoms with Crippen LogP contribution in [0.3, 0.4) is 0 Å². The van der Waals surface area contributed by atoms with Crippen molar-refractivity contribution >= 4 is 45.7 Å². The van der Waals surface area contributed by atoms with Crippen molar-refractivity contribution in [2.45, 2.75) is 10.5 Å². The van der Waals surface area contributed by atoms with Gasteiger partial charge in [-0.25, -0.2) is 4.39 Å². The van der Waals surface area contributed by atoms with Crippen LogP contribution in [0, 0.1) is 5.82 Å². The Morgan fingerprint density at radius 3 is 2.27 bits per heavy atom. The van der Waals surface area contributed by atoms with Crippen LogP contribution in [0.25, 0.3) is 0 Å². The Hall–Kier alpha value is -2.99. The summed E-state index contributed by atoms with van der Waals surface area (Å²) in [7, 11) is 0. The SMILES string of the molecule is O=C(CSc1nnc(NC(=O)c2ccc(F)cc2)s1)Nc1ccc(C(F)(F)F)cc1. The Morgan fingerprint density at radius 2 is 1.63 bits per heavy atom. The fourth-order valence-electron chi connectivity index (χ4n) is 2.16. The predicted octanol–water partition coefficient (Wildman–Crippen LogP) is 4.68. The standard InChI is InChI=1S/C18H12F4N4O2S2/c19-12-5-1-10(2-6-12)15(28)24-16-25-26-17(30-16)29-9-14(27)23-13-7-3-11(4-8-13)18(20,21)22/h1-8H,9H2,(H,23,27)(H,24,25,28). The molecule has 3 aromatic rings. The van der Waals surface area contributed by atoms with Gasteiger partial charge in [-0.1, -0.05) is 23.1 Å². The van der Waals surface area contributed by atoms with E-state index in [0.717, 1.165) is 47.4 Å². The number of hydrogen-bond acceptors (Lipinski definition) is 6. The Bertz CT molecular complexity index is 1040. The number of nitrogens with zero attached hydrogens (tertiary/aromatic N) is 2. The molecule has 6 nitrogen and oxygen atoms in total. The Labute approximate surface area is 175 Å². The van der Waals surface area contributed by atoms with E-state index in [1.165, 1.54) is 24.3 Å². The Kier molecular flexibility index (Phi) is 6.67. The molecule has 12 heteroatoms. The number of aromatic nitrogens is 2. The summed E-state index contributed by atoms with van der Waals surface area (Å²) < 4.78 is 50.9. The number of nitrogens with one attached hydrogen (secondary N) is 2. The fourth-order valence-corrected chi connectivity index (χ4v) is 3.70. The highest BCUT2D eigenvalue weighted by molar-refractivity contribution is 8.01. The smallest absolute Gasteiger partial charge is 0.325 e. The Morgan fingerprint density at radius 1 is 0.967 bits per heavy atom. The van der Waals surface area contributed by atoms with Gasteiger partial charge in [0, 0.05) is 11.3 Å². The summed E-state index contributed by atoms with van der Waals surface area (Å²) in [6.45, 7) is 0. The lowest BCUT2D eigenvalue weighted by Gasteiger charge is -2.08.